The Morgan fingerprint density at radius 3 is 2.55 bits per heavy atom. The summed E-state index contributed by atoms with van der Waals surface area (Å²) in [5.41, 5.74) is -0.0764. The zero-order valence-electron chi connectivity index (χ0n) is 24.0. The van der Waals surface area contributed by atoms with E-state index in [2.05, 4.69) is 32.1 Å². The Kier molecular flexibility index (Phi) is 9.06. The minimum Gasteiger partial charge on any atom is -0.466 e. The van der Waals surface area contributed by atoms with Crippen LogP contribution < -0.4 is 10.9 Å². The van der Waals surface area contributed by atoms with Crippen LogP contribution in [0.5, 0.6) is 0 Å². The number of thiophene rings is 1. The maximum atomic E-state index is 13.2. The molecular formula is C29H31N5O7S. The summed E-state index contributed by atoms with van der Waals surface area (Å²) < 4.78 is 10.1. The Hall–Kier alpha value is -4.57. The van der Waals surface area contributed by atoms with Gasteiger partial charge in [-0.3, -0.25) is 29.5 Å². The number of ether oxygens (including phenoxy) is 2. The normalized spacial score (nSPS) is 13.3. The number of aromatic amines is 1. The molecule has 0 radical (unpaired) electrons. The molecule has 0 spiro atoms. The van der Waals surface area contributed by atoms with Gasteiger partial charge in [0.2, 0.25) is 11.9 Å². The molecule has 4 rings (SSSR count). The van der Waals surface area contributed by atoms with Gasteiger partial charge in [-0.25, -0.2) is 9.78 Å². The average Bonchev–Trinajstić information content (AvgIpc) is 3.46. The van der Waals surface area contributed by atoms with Gasteiger partial charge in [0.15, 0.2) is 5.65 Å². The molecule has 1 aliphatic rings. The van der Waals surface area contributed by atoms with Gasteiger partial charge >= 0.3 is 11.9 Å². The molecule has 0 saturated heterocycles. The number of aromatic nitrogens is 3. The van der Waals surface area contributed by atoms with Crippen molar-refractivity contribution >= 4 is 52.1 Å². The molecule has 2 N–H and O–H groups in total. The molecule has 0 fully saturated rings. The highest BCUT2D eigenvalue weighted by Gasteiger charge is 2.38. The van der Waals surface area contributed by atoms with Crippen molar-refractivity contribution in [2.24, 2.45) is 5.41 Å². The van der Waals surface area contributed by atoms with Crippen LogP contribution >= 0.6 is 11.3 Å². The van der Waals surface area contributed by atoms with E-state index in [1.807, 2.05) is 0 Å². The summed E-state index contributed by atoms with van der Waals surface area (Å²) in [5.74, 6) is 4.33. The van der Waals surface area contributed by atoms with E-state index in [0.717, 1.165) is 4.88 Å². The molecule has 1 atom stereocenters. The van der Waals surface area contributed by atoms with E-state index in [-0.39, 0.29) is 61.4 Å². The second-order valence-corrected chi connectivity index (χ2v) is 11.6. The predicted molar refractivity (Wildman–Crippen MR) is 155 cm³/mol. The third-order valence-corrected chi connectivity index (χ3v) is 7.32. The van der Waals surface area contributed by atoms with Crippen LogP contribution in [0.15, 0.2) is 23.1 Å². The molecule has 0 unspecified atom stereocenters. The lowest BCUT2D eigenvalue weighted by molar-refractivity contribution is -0.150. The van der Waals surface area contributed by atoms with E-state index in [1.165, 1.54) is 22.4 Å². The Balaban J connectivity index is 1.50. The number of hydrogen-bond donors (Lipinski definition) is 2. The van der Waals surface area contributed by atoms with Crippen LogP contribution in [0, 0.1) is 17.3 Å². The maximum Gasteiger partial charge on any atom is 0.328 e. The molecule has 2 amide bonds. The SMILES string of the molecule is CCOC(=O)CC[C@@H](C(=O)OCC)N1Cc2sc(C#Cc3cnc4nc(NC(=O)C(C)(C)C)[nH]c(=O)c4c3)cc2C1=O. The third-order valence-electron chi connectivity index (χ3n) is 6.28. The fraction of sp³-hybridized carbons (Fsp3) is 0.414. The van der Waals surface area contributed by atoms with Crippen molar-refractivity contribution in [2.75, 3.05) is 18.5 Å². The van der Waals surface area contributed by atoms with E-state index >= 15 is 0 Å². The molecule has 13 heteroatoms. The van der Waals surface area contributed by atoms with Crippen molar-refractivity contribution in [2.45, 2.75) is 60.0 Å². The minimum atomic E-state index is -0.909. The second-order valence-electron chi connectivity index (χ2n) is 10.5. The van der Waals surface area contributed by atoms with Gasteiger partial charge in [-0.2, -0.15) is 4.98 Å². The number of carbonyl (C=O) groups excluding carboxylic acids is 4. The second kappa shape index (κ2) is 12.5. The summed E-state index contributed by atoms with van der Waals surface area (Å²) in [6.07, 6.45) is 1.55. The van der Waals surface area contributed by atoms with Gasteiger partial charge in [-0.1, -0.05) is 32.6 Å². The zero-order valence-corrected chi connectivity index (χ0v) is 24.8. The number of fused-ring (bicyclic) bond motifs is 2. The monoisotopic (exact) mass is 593 g/mol. The molecule has 0 bridgehead atoms. The van der Waals surface area contributed by atoms with Crippen molar-refractivity contribution < 1.29 is 28.7 Å². The third kappa shape index (κ3) is 6.83. The molecule has 0 aliphatic carbocycles. The van der Waals surface area contributed by atoms with Gasteiger partial charge in [-0.05, 0) is 32.4 Å². The topological polar surface area (TPSA) is 161 Å². The highest BCUT2D eigenvalue weighted by molar-refractivity contribution is 7.13. The molecule has 12 nitrogen and oxygen atoms in total. The van der Waals surface area contributed by atoms with E-state index in [0.29, 0.717) is 16.0 Å². The summed E-state index contributed by atoms with van der Waals surface area (Å²) in [4.78, 5) is 76.4. The molecule has 0 saturated carbocycles. The summed E-state index contributed by atoms with van der Waals surface area (Å²) in [5, 5.41) is 2.80. The summed E-state index contributed by atoms with van der Waals surface area (Å²) in [6.45, 7) is 9.18. The van der Waals surface area contributed by atoms with Crippen LogP contribution in [0.1, 0.15) is 73.1 Å². The molecule has 4 heterocycles. The number of esters is 2. The average molecular weight is 594 g/mol. The zero-order chi connectivity index (χ0) is 30.6. The first kappa shape index (κ1) is 30.4. The van der Waals surface area contributed by atoms with Crippen molar-refractivity contribution in [3.05, 3.63) is 49.6 Å². The van der Waals surface area contributed by atoms with Crippen LogP contribution in [0.4, 0.5) is 5.95 Å². The number of H-pyrrole nitrogens is 1. The van der Waals surface area contributed by atoms with Gasteiger partial charge in [0, 0.05) is 28.5 Å². The highest BCUT2D eigenvalue weighted by atomic mass is 32.1. The first-order valence-corrected chi connectivity index (χ1v) is 14.2. The van der Waals surface area contributed by atoms with Crippen LogP contribution in [0.25, 0.3) is 11.0 Å². The fourth-order valence-corrected chi connectivity index (χ4v) is 5.13. The lowest BCUT2D eigenvalue weighted by Crippen LogP contribution is -2.42. The van der Waals surface area contributed by atoms with Crippen molar-refractivity contribution in [1.29, 1.82) is 0 Å². The van der Waals surface area contributed by atoms with Gasteiger partial charge in [-0.15, -0.1) is 11.3 Å². The minimum absolute atomic E-state index is 0.0108. The Labute approximate surface area is 245 Å². The fourth-order valence-electron chi connectivity index (χ4n) is 4.13. The van der Waals surface area contributed by atoms with Crippen LogP contribution in [0.2, 0.25) is 0 Å². The van der Waals surface area contributed by atoms with Gasteiger partial charge < -0.3 is 14.4 Å². The summed E-state index contributed by atoms with van der Waals surface area (Å²) >= 11 is 1.32. The molecule has 1 aliphatic heterocycles. The number of nitrogens with one attached hydrogen (secondary N) is 2. The van der Waals surface area contributed by atoms with Crippen molar-refractivity contribution in [3.8, 4) is 11.8 Å². The predicted octanol–water partition coefficient (Wildman–Crippen LogP) is 2.99. The molecule has 3 aromatic rings. The number of rotatable bonds is 8. The largest absolute Gasteiger partial charge is 0.466 e. The first-order chi connectivity index (χ1) is 19.9. The van der Waals surface area contributed by atoms with Gasteiger partial charge in [0.1, 0.15) is 6.04 Å². The smallest absolute Gasteiger partial charge is 0.328 e. The van der Waals surface area contributed by atoms with Gasteiger partial charge in [0.05, 0.1) is 35.6 Å². The molecular weight excluding hydrogens is 562 g/mol. The van der Waals surface area contributed by atoms with Crippen molar-refractivity contribution in [1.82, 2.24) is 19.9 Å². The number of amides is 2. The van der Waals surface area contributed by atoms with Crippen LogP contribution in [-0.2, 0) is 30.4 Å². The van der Waals surface area contributed by atoms with E-state index in [4.69, 9.17) is 9.47 Å². The number of pyridine rings is 1. The highest BCUT2D eigenvalue weighted by Crippen LogP contribution is 2.33. The lowest BCUT2D eigenvalue weighted by atomic mass is 9.96. The Morgan fingerprint density at radius 1 is 1.14 bits per heavy atom. The first-order valence-electron chi connectivity index (χ1n) is 13.4. The molecule has 3 aromatic heterocycles. The quantitative estimate of drug-likeness (QED) is 0.296. The van der Waals surface area contributed by atoms with Crippen LogP contribution in [0.3, 0.4) is 0 Å². The van der Waals surface area contributed by atoms with Crippen molar-refractivity contribution in [3.63, 3.8) is 0 Å². The maximum absolute atomic E-state index is 13.2. The number of nitrogens with zero attached hydrogens (tertiary/aromatic N) is 3. The van der Waals surface area contributed by atoms with Gasteiger partial charge in [0.25, 0.3) is 11.5 Å². The number of anilines is 1. The Morgan fingerprint density at radius 2 is 1.88 bits per heavy atom. The van der Waals surface area contributed by atoms with E-state index in [1.54, 1.807) is 46.8 Å². The molecule has 42 heavy (non-hydrogen) atoms. The standard InChI is InChI=1S/C29H31N5O7S/c1-6-40-22(35)11-10-20(26(38)41-7-2)34-15-21-18(25(34)37)13-17(42-21)9-8-16-12-19-23(30-14-16)31-28(32-24(19)36)33-27(39)29(3,4)5/h12-14,20H,6-7,10-11,15H2,1-5H3,(H2,30,31,32,33,36,39)/t20-/m0/s1. The number of hydrogen-bond acceptors (Lipinski definition) is 10. The molecule has 220 valence electrons. The summed E-state index contributed by atoms with van der Waals surface area (Å²) in [7, 11) is 0. The van der Waals surface area contributed by atoms with E-state index < -0.39 is 29.0 Å². The lowest BCUT2D eigenvalue weighted by Gasteiger charge is -2.25. The Bertz CT molecular complexity index is 1680. The number of carbonyl (C=O) groups is 4. The van der Waals surface area contributed by atoms with E-state index in [9.17, 15) is 24.0 Å². The summed E-state index contributed by atoms with van der Waals surface area (Å²) in [6, 6.07) is 2.31. The van der Waals surface area contributed by atoms with Crippen LogP contribution in [-0.4, -0.2) is 62.9 Å². The molecule has 0 aromatic carbocycles.